The number of allylic oxidation sites excluding steroid dienone is 1. The zero-order valence-electron chi connectivity index (χ0n) is 22.3. The molecule has 5 rings (SSSR count). The summed E-state index contributed by atoms with van der Waals surface area (Å²) >= 11 is 1.38. The minimum atomic E-state index is -0.576. The van der Waals surface area contributed by atoms with Gasteiger partial charge in [0.25, 0.3) is 5.56 Å². The number of esters is 1. The first-order chi connectivity index (χ1) is 17.8. The molecule has 1 aromatic carbocycles. The lowest BCUT2D eigenvalue weighted by Crippen LogP contribution is -2.39. The first-order valence-corrected chi connectivity index (χ1v) is 14.1. The molecule has 2 aliphatic rings. The van der Waals surface area contributed by atoms with Gasteiger partial charge in [-0.05, 0) is 70.7 Å². The maximum Gasteiger partial charge on any atom is 0.338 e. The Hall–Kier alpha value is -3.19. The zero-order chi connectivity index (χ0) is 26.3. The van der Waals surface area contributed by atoms with Gasteiger partial charge in [0.15, 0.2) is 4.80 Å². The van der Waals surface area contributed by atoms with Gasteiger partial charge < -0.3 is 9.30 Å². The number of rotatable bonds is 5. The number of ether oxygens (including phenoxy) is 1. The number of hydrogen-bond acceptors (Lipinski definition) is 5. The van der Waals surface area contributed by atoms with E-state index in [1.165, 1.54) is 54.8 Å². The van der Waals surface area contributed by atoms with Crippen molar-refractivity contribution in [1.29, 1.82) is 0 Å². The van der Waals surface area contributed by atoms with Gasteiger partial charge in [0.2, 0.25) is 0 Å². The van der Waals surface area contributed by atoms with Gasteiger partial charge in [0, 0.05) is 17.4 Å². The Morgan fingerprint density at radius 3 is 2.46 bits per heavy atom. The van der Waals surface area contributed by atoms with Crippen molar-refractivity contribution in [2.75, 3.05) is 6.61 Å². The van der Waals surface area contributed by atoms with Crippen LogP contribution in [0.15, 0.2) is 51.4 Å². The van der Waals surface area contributed by atoms with Gasteiger partial charge in [-0.1, -0.05) is 60.4 Å². The van der Waals surface area contributed by atoms with Gasteiger partial charge in [-0.15, -0.1) is 0 Å². The fourth-order valence-electron chi connectivity index (χ4n) is 5.85. The monoisotopic (exact) mass is 517 g/mol. The molecule has 1 fully saturated rings. The Labute approximate surface area is 221 Å². The summed E-state index contributed by atoms with van der Waals surface area (Å²) in [4.78, 5) is 32.3. The van der Waals surface area contributed by atoms with Crippen molar-refractivity contribution in [3.05, 3.63) is 89.4 Å². The second kappa shape index (κ2) is 10.3. The van der Waals surface area contributed by atoms with Crippen LogP contribution in [0.2, 0.25) is 0 Å². The Balaban J connectivity index is 1.66. The Morgan fingerprint density at radius 1 is 1.08 bits per heavy atom. The number of carbonyl (C=O) groups excluding carboxylic acids is 1. The Bertz CT molecular complexity index is 1550. The summed E-state index contributed by atoms with van der Waals surface area (Å²) in [6, 6.07) is 10.1. The van der Waals surface area contributed by atoms with E-state index in [9.17, 15) is 9.59 Å². The van der Waals surface area contributed by atoms with E-state index in [1.54, 1.807) is 11.5 Å². The van der Waals surface area contributed by atoms with Crippen molar-refractivity contribution in [3.8, 4) is 0 Å². The minimum absolute atomic E-state index is 0.133. The maximum atomic E-state index is 13.9. The van der Waals surface area contributed by atoms with E-state index in [4.69, 9.17) is 9.73 Å². The van der Waals surface area contributed by atoms with Crippen molar-refractivity contribution < 1.29 is 9.53 Å². The van der Waals surface area contributed by atoms with Crippen LogP contribution in [0.1, 0.15) is 86.1 Å². The number of fused-ring (bicyclic) bond motifs is 1. The molecule has 3 aromatic rings. The predicted octanol–water partition coefficient (Wildman–Crippen LogP) is 5.03. The van der Waals surface area contributed by atoms with E-state index < -0.39 is 12.0 Å². The summed E-state index contributed by atoms with van der Waals surface area (Å²) in [6.45, 7) is 10.2. The lowest BCUT2D eigenvalue weighted by atomic mass is 9.95. The number of aromatic nitrogens is 2. The number of aryl methyl sites for hydroxylation is 2. The highest BCUT2D eigenvalue weighted by atomic mass is 32.1. The van der Waals surface area contributed by atoms with Crippen molar-refractivity contribution in [2.45, 2.75) is 78.8 Å². The fraction of sp³-hybridized carbons (Fsp3) is 0.433. The maximum absolute atomic E-state index is 13.9. The van der Waals surface area contributed by atoms with Gasteiger partial charge in [0.05, 0.1) is 28.5 Å². The summed E-state index contributed by atoms with van der Waals surface area (Å²) in [7, 11) is 0. The second-order valence-electron chi connectivity index (χ2n) is 10.2. The topological polar surface area (TPSA) is 65.6 Å². The molecule has 0 spiro atoms. The largest absolute Gasteiger partial charge is 0.463 e. The van der Waals surface area contributed by atoms with E-state index >= 15 is 0 Å². The molecule has 6 nitrogen and oxygen atoms in total. The van der Waals surface area contributed by atoms with Crippen LogP contribution in [0.25, 0.3) is 6.08 Å². The number of hydrogen-bond donors (Lipinski definition) is 0. The number of benzene rings is 1. The third-order valence-corrected chi connectivity index (χ3v) is 8.64. The molecule has 1 saturated carbocycles. The van der Waals surface area contributed by atoms with Gasteiger partial charge in [0.1, 0.15) is 0 Å². The van der Waals surface area contributed by atoms with Crippen LogP contribution in [0, 0.1) is 20.8 Å². The van der Waals surface area contributed by atoms with Crippen molar-refractivity contribution in [2.24, 2.45) is 4.99 Å². The average molecular weight is 518 g/mol. The lowest BCUT2D eigenvalue weighted by Gasteiger charge is -2.26. The molecule has 2 aromatic heterocycles. The van der Waals surface area contributed by atoms with Crippen LogP contribution < -0.4 is 14.9 Å². The molecular weight excluding hydrogens is 482 g/mol. The molecule has 3 heterocycles. The molecule has 194 valence electrons. The SMILES string of the molecule is CCOC(=O)C1=C(C)N=c2s/c(=C/c3cc(C)n(C4CCCCC4)c3C)c(=O)n2[C@H]1c1ccc(C)cc1. The smallest absolute Gasteiger partial charge is 0.338 e. The average Bonchev–Trinajstić information content (AvgIpc) is 3.33. The molecule has 1 aliphatic carbocycles. The second-order valence-corrected chi connectivity index (χ2v) is 11.2. The van der Waals surface area contributed by atoms with Crippen LogP contribution in [-0.4, -0.2) is 21.7 Å². The summed E-state index contributed by atoms with van der Waals surface area (Å²) < 4.78 is 10.1. The Kier molecular flexibility index (Phi) is 7.08. The standard InChI is InChI=1S/C30H35N3O3S/c1-6-36-29(35)26-20(4)31-30-33(27(26)22-14-12-18(2)13-15-22)28(34)25(37-30)17-23-16-19(3)32(21(23)5)24-10-8-7-9-11-24/h12-17,24,27H,6-11H2,1-5H3/b25-17+/t27-/m0/s1. The number of carbonyl (C=O) groups is 1. The van der Waals surface area contributed by atoms with E-state index in [0.717, 1.165) is 16.7 Å². The third-order valence-electron chi connectivity index (χ3n) is 7.66. The molecule has 7 heteroatoms. The summed E-state index contributed by atoms with van der Waals surface area (Å²) in [5, 5.41) is 0. The first-order valence-electron chi connectivity index (χ1n) is 13.2. The quantitative estimate of drug-likeness (QED) is 0.446. The molecule has 0 bridgehead atoms. The molecule has 0 saturated heterocycles. The molecule has 0 N–H and O–H groups in total. The predicted molar refractivity (Wildman–Crippen MR) is 148 cm³/mol. The van der Waals surface area contributed by atoms with Crippen LogP contribution >= 0.6 is 11.3 Å². The normalized spacial score (nSPS) is 18.6. The van der Waals surface area contributed by atoms with Crippen molar-refractivity contribution in [1.82, 2.24) is 9.13 Å². The summed E-state index contributed by atoms with van der Waals surface area (Å²) in [6.07, 6.45) is 8.29. The molecule has 1 atom stereocenters. The lowest BCUT2D eigenvalue weighted by molar-refractivity contribution is -0.139. The first kappa shape index (κ1) is 25.5. The van der Waals surface area contributed by atoms with Crippen molar-refractivity contribution in [3.63, 3.8) is 0 Å². The van der Waals surface area contributed by atoms with Gasteiger partial charge in [-0.2, -0.15) is 0 Å². The van der Waals surface area contributed by atoms with Gasteiger partial charge in [-0.25, -0.2) is 9.79 Å². The van der Waals surface area contributed by atoms with Gasteiger partial charge >= 0.3 is 5.97 Å². The molecule has 0 unspecified atom stereocenters. The van der Waals surface area contributed by atoms with Crippen LogP contribution in [0.3, 0.4) is 0 Å². The summed E-state index contributed by atoms with van der Waals surface area (Å²) in [5.41, 5.74) is 6.36. The van der Waals surface area contributed by atoms with E-state index in [0.29, 0.717) is 26.6 Å². The molecule has 0 radical (unpaired) electrons. The third kappa shape index (κ3) is 4.65. The zero-order valence-corrected chi connectivity index (χ0v) is 23.2. The highest BCUT2D eigenvalue weighted by molar-refractivity contribution is 7.07. The summed E-state index contributed by atoms with van der Waals surface area (Å²) in [5.74, 6) is -0.431. The van der Waals surface area contributed by atoms with Crippen LogP contribution in [-0.2, 0) is 9.53 Å². The highest BCUT2D eigenvalue weighted by Gasteiger charge is 2.33. The van der Waals surface area contributed by atoms with E-state index in [1.807, 2.05) is 44.2 Å². The van der Waals surface area contributed by atoms with Crippen molar-refractivity contribution >= 4 is 23.4 Å². The Morgan fingerprint density at radius 2 is 1.78 bits per heavy atom. The number of thiazole rings is 1. The van der Waals surface area contributed by atoms with E-state index in [2.05, 4.69) is 24.5 Å². The molecule has 37 heavy (non-hydrogen) atoms. The van der Waals surface area contributed by atoms with Crippen LogP contribution in [0.5, 0.6) is 0 Å². The highest BCUT2D eigenvalue weighted by Crippen LogP contribution is 2.33. The molecular formula is C30H35N3O3S. The molecule has 0 amide bonds. The molecule has 1 aliphatic heterocycles. The number of nitrogens with zero attached hydrogens (tertiary/aromatic N) is 3. The minimum Gasteiger partial charge on any atom is -0.463 e. The van der Waals surface area contributed by atoms with Crippen LogP contribution in [0.4, 0.5) is 0 Å². The van der Waals surface area contributed by atoms with Gasteiger partial charge in [-0.3, -0.25) is 9.36 Å². The van der Waals surface area contributed by atoms with E-state index in [-0.39, 0.29) is 12.2 Å². The fourth-order valence-corrected chi connectivity index (χ4v) is 6.88.